The summed E-state index contributed by atoms with van der Waals surface area (Å²) in [6.45, 7) is -1.12. The number of carbonyl (C=O) groups excluding carboxylic acids is 1. The Kier molecular flexibility index (Phi) is 3.94. The van der Waals surface area contributed by atoms with Crippen molar-refractivity contribution in [2.75, 3.05) is 0 Å². The third-order valence-electron chi connectivity index (χ3n) is 2.68. The second-order valence-corrected chi connectivity index (χ2v) is 5.35. The third kappa shape index (κ3) is 3.47. The summed E-state index contributed by atoms with van der Waals surface area (Å²) < 4.78 is 37.8. The third-order valence-corrected chi connectivity index (χ3v) is 3.99. The van der Waals surface area contributed by atoms with E-state index in [4.69, 9.17) is 0 Å². The molecular weight excluding hydrogens is 267 g/mol. The van der Waals surface area contributed by atoms with E-state index in [0.29, 0.717) is 12.8 Å². The van der Waals surface area contributed by atoms with Gasteiger partial charge in [0.25, 0.3) is 0 Å². The van der Waals surface area contributed by atoms with Crippen molar-refractivity contribution in [2.24, 2.45) is 0 Å². The van der Waals surface area contributed by atoms with Crippen LogP contribution in [0.5, 0.6) is 0 Å². The highest BCUT2D eigenvalue weighted by molar-refractivity contribution is 8.00. The van der Waals surface area contributed by atoms with Crippen LogP contribution in [0.15, 0.2) is 11.5 Å². The Bertz CT molecular complexity index is 432. The lowest BCUT2D eigenvalue weighted by Crippen LogP contribution is -2.23. The summed E-state index contributed by atoms with van der Waals surface area (Å²) >= 11 is 1.09. The monoisotopic (exact) mass is 279 g/mol. The highest BCUT2D eigenvalue weighted by Crippen LogP contribution is 2.31. The van der Waals surface area contributed by atoms with Crippen LogP contribution < -0.4 is 0 Å². The maximum Gasteiger partial charge on any atom is 0.406 e. The summed E-state index contributed by atoms with van der Waals surface area (Å²) in [5, 5.41) is 7.01. The fourth-order valence-corrected chi connectivity index (χ4v) is 2.97. The summed E-state index contributed by atoms with van der Waals surface area (Å²) in [6, 6.07) is 0. The molecule has 0 spiro atoms. The van der Waals surface area contributed by atoms with Crippen molar-refractivity contribution in [3.05, 3.63) is 6.33 Å². The van der Waals surface area contributed by atoms with Gasteiger partial charge in [-0.05, 0) is 12.8 Å². The van der Waals surface area contributed by atoms with Crippen LogP contribution in [0, 0.1) is 0 Å². The predicted molar refractivity (Wildman–Crippen MR) is 59.2 cm³/mol. The Labute approximate surface area is 106 Å². The molecule has 1 atom stereocenters. The largest absolute Gasteiger partial charge is 0.406 e. The summed E-state index contributed by atoms with van der Waals surface area (Å²) in [4.78, 5) is 11.6. The molecule has 0 unspecified atom stereocenters. The van der Waals surface area contributed by atoms with Gasteiger partial charge in [-0.25, -0.2) is 0 Å². The van der Waals surface area contributed by atoms with Gasteiger partial charge in [-0.2, -0.15) is 13.2 Å². The van der Waals surface area contributed by atoms with E-state index in [-0.39, 0.29) is 16.2 Å². The molecule has 4 nitrogen and oxygen atoms in total. The number of rotatable bonds is 3. The fraction of sp³-hybridized carbons (Fsp3) is 0.700. The number of nitrogens with zero attached hydrogens (tertiary/aromatic N) is 3. The molecule has 1 aromatic heterocycles. The van der Waals surface area contributed by atoms with Gasteiger partial charge in [-0.3, -0.25) is 9.36 Å². The van der Waals surface area contributed by atoms with Crippen molar-refractivity contribution in [1.29, 1.82) is 0 Å². The zero-order chi connectivity index (χ0) is 13.2. The van der Waals surface area contributed by atoms with E-state index in [9.17, 15) is 18.0 Å². The quantitative estimate of drug-likeness (QED) is 0.852. The minimum Gasteiger partial charge on any atom is -0.299 e. The molecule has 1 aliphatic carbocycles. The van der Waals surface area contributed by atoms with Gasteiger partial charge in [0, 0.05) is 6.42 Å². The van der Waals surface area contributed by atoms with Gasteiger partial charge in [0.1, 0.15) is 18.7 Å². The first-order valence-corrected chi connectivity index (χ1v) is 6.47. The van der Waals surface area contributed by atoms with Crippen molar-refractivity contribution in [3.63, 3.8) is 0 Å². The number of alkyl halides is 3. The molecule has 0 aromatic carbocycles. The summed E-state index contributed by atoms with van der Waals surface area (Å²) in [5.74, 6) is 0.0906. The van der Waals surface area contributed by atoms with E-state index in [0.717, 1.165) is 35.5 Å². The molecule has 1 aromatic rings. The zero-order valence-corrected chi connectivity index (χ0v) is 10.3. The minimum absolute atomic E-state index is 0.0906. The maximum absolute atomic E-state index is 12.3. The number of carbonyl (C=O) groups is 1. The van der Waals surface area contributed by atoms with Crippen LogP contribution in [0.25, 0.3) is 0 Å². The fourth-order valence-electron chi connectivity index (χ4n) is 1.84. The van der Waals surface area contributed by atoms with Gasteiger partial charge in [0.15, 0.2) is 5.16 Å². The molecule has 2 rings (SSSR count). The van der Waals surface area contributed by atoms with Crippen LogP contribution in [-0.4, -0.2) is 32.0 Å². The second kappa shape index (κ2) is 5.29. The Balaban J connectivity index is 2.05. The summed E-state index contributed by atoms with van der Waals surface area (Å²) in [5.41, 5.74) is 0. The van der Waals surface area contributed by atoms with Gasteiger partial charge in [-0.15, -0.1) is 10.2 Å². The molecule has 1 aliphatic rings. The maximum atomic E-state index is 12.3. The van der Waals surface area contributed by atoms with Gasteiger partial charge in [-0.1, -0.05) is 18.2 Å². The molecule has 0 saturated heterocycles. The summed E-state index contributed by atoms with van der Waals surface area (Å²) in [6.07, 6.45) is -0.271. The average Bonchev–Trinajstić information content (AvgIpc) is 2.67. The molecule has 0 amide bonds. The molecule has 0 aliphatic heterocycles. The van der Waals surface area contributed by atoms with Crippen molar-refractivity contribution >= 4 is 17.5 Å². The topological polar surface area (TPSA) is 47.8 Å². The number of thioether (sulfide) groups is 1. The number of aromatic nitrogens is 3. The lowest BCUT2D eigenvalue weighted by Gasteiger charge is -2.19. The molecule has 0 radical (unpaired) electrons. The van der Waals surface area contributed by atoms with Gasteiger partial charge >= 0.3 is 6.18 Å². The number of Topliss-reactive ketones (excluding diaryl/α,β-unsaturated/α-hetero) is 1. The standard InChI is InChI=1S/C10H12F3N3OS/c11-10(12,13)5-16-6-14-15-9(16)18-8-4-2-1-3-7(8)17/h6,8H,1-5H2/t8-/m1/s1. The first-order chi connectivity index (χ1) is 8.46. The molecule has 1 saturated carbocycles. The molecule has 18 heavy (non-hydrogen) atoms. The SMILES string of the molecule is O=C1CCCC[C@H]1Sc1nncn1CC(F)(F)F. The number of ketones is 1. The van der Waals surface area contributed by atoms with Crippen LogP contribution in [0.3, 0.4) is 0 Å². The van der Waals surface area contributed by atoms with E-state index in [1.54, 1.807) is 0 Å². The van der Waals surface area contributed by atoms with Crippen molar-refractivity contribution < 1.29 is 18.0 Å². The number of hydrogen-bond acceptors (Lipinski definition) is 4. The summed E-state index contributed by atoms with van der Waals surface area (Å²) in [7, 11) is 0. The Hall–Kier alpha value is -1.05. The first kappa shape index (κ1) is 13.4. The minimum atomic E-state index is -4.31. The highest BCUT2D eigenvalue weighted by atomic mass is 32.2. The van der Waals surface area contributed by atoms with E-state index in [1.165, 1.54) is 0 Å². The van der Waals surface area contributed by atoms with Crippen LogP contribution >= 0.6 is 11.8 Å². The smallest absolute Gasteiger partial charge is 0.299 e. The van der Waals surface area contributed by atoms with E-state index < -0.39 is 12.7 Å². The second-order valence-electron chi connectivity index (χ2n) is 4.18. The average molecular weight is 279 g/mol. The lowest BCUT2D eigenvalue weighted by atomic mass is 9.99. The Morgan fingerprint density at radius 2 is 2.22 bits per heavy atom. The first-order valence-electron chi connectivity index (χ1n) is 5.59. The number of halogens is 3. The molecule has 0 N–H and O–H groups in total. The zero-order valence-electron chi connectivity index (χ0n) is 9.48. The van der Waals surface area contributed by atoms with Gasteiger partial charge in [0.05, 0.1) is 5.25 Å². The van der Waals surface area contributed by atoms with Crippen molar-refractivity contribution in [2.45, 2.75) is 48.8 Å². The predicted octanol–water partition coefficient (Wildman–Crippen LogP) is 2.44. The Morgan fingerprint density at radius 3 is 2.89 bits per heavy atom. The Morgan fingerprint density at radius 1 is 1.44 bits per heavy atom. The molecule has 100 valence electrons. The van der Waals surface area contributed by atoms with Crippen molar-refractivity contribution in [3.8, 4) is 0 Å². The molecule has 8 heteroatoms. The molecule has 1 fully saturated rings. The van der Waals surface area contributed by atoms with Crippen molar-refractivity contribution in [1.82, 2.24) is 14.8 Å². The molecule has 1 heterocycles. The van der Waals surface area contributed by atoms with Crippen LogP contribution in [-0.2, 0) is 11.3 Å². The van der Waals surface area contributed by atoms with Gasteiger partial charge in [0.2, 0.25) is 0 Å². The van der Waals surface area contributed by atoms with E-state index >= 15 is 0 Å². The highest BCUT2D eigenvalue weighted by Gasteiger charge is 2.31. The van der Waals surface area contributed by atoms with Crippen LogP contribution in [0.2, 0.25) is 0 Å². The molecule has 0 bridgehead atoms. The normalized spacial score (nSPS) is 21.3. The van der Waals surface area contributed by atoms with E-state index in [2.05, 4.69) is 10.2 Å². The van der Waals surface area contributed by atoms with Crippen LogP contribution in [0.1, 0.15) is 25.7 Å². The molecular formula is C10H12F3N3OS. The number of hydrogen-bond donors (Lipinski definition) is 0. The lowest BCUT2D eigenvalue weighted by molar-refractivity contribution is -0.142. The van der Waals surface area contributed by atoms with Gasteiger partial charge < -0.3 is 0 Å². The van der Waals surface area contributed by atoms with E-state index in [1.807, 2.05) is 0 Å². The van der Waals surface area contributed by atoms with Crippen LogP contribution in [0.4, 0.5) is 13.2 Å².